The monoisotopic (exact) mass is 416 g/mol. The maximum Gasteiger partial charge on any atom is 0.234 e. The molecule has 0 bridgehead atoms. The molecule has 1 atom stereocenters. The van der Waals surface area contributed by atoms with E-state index in [4.69, 9.17) is 4.74 Å². The van der Waals surface area contributed by atoms with Crippen LogP contribution in [0, 0.1) is 5.92 Å². The zero-order chi connectivity index (χ0) is 21.5. The van der Waals surface area contributed by atoms with Crippen molar-refractivity contribution >= 4 is 23.4 Å². The van der Waals surface area contributed by atoms with E-state index in [1.807, 2.05) is 43.0 Å². The number of hydrogen-bond acceptors (Lipinski definition) is 5. The van der Waals surface area contributed by atoms with Gasteiger partial charge in [0.05, 0.1) is 24.8 Å². The quantitative estimate of drug-likeness (QED) is 0.687. The van der Waals surface area contributed by atoms with Gasteiger partial charge in [-0.15, -0.1) is 0 Å². The van der Waals surface area contributed by atoms with Gasteiger partial charge in [-0.1, -0.05) is 19.1 Å². The molecule has 8 heteroatoms. The van der Waals surface area contributed by atoms with Crippen LogP contribution in [0.2, 0.25) is 0 Å². The maximum atomic E-state index is 13.0. The fourth-order valence-electron chi connectivity index (χ4n) is 3.97. The fraction of sp³-hybridized carbons (Fsp3) is 0.591. The summed E-state index contributed by atoms with van der Waals surface area (Å²) < 4.78 is 5.65. The van der Waals surface area contributed by atoms with Gasteiger partial charge in [0.25, 0.3) is 0 Å². The van der Waals surface area contributed by atoms with Crippen LogP contribution in [0.1, 0.15) is 26.7 Å². The lowest BCUT2D eigenvalue weighted by atomic mass is 10.1. The summed E-state index contributed by atoms with van der Waals surface area (Å²) in [6.45, 7) is 8.38. The molecule has 2 aliphatic heterocycles. The third kappa shape index (κ3) is 5.30. The van der Waals surface area contributed by atoms with Gasteiger partial charge < -0.3 is 19.9 Å². The minimum absolute atomic E-state index is 0.0230. The number of para-hydroxylation sites is 2. The van der Waals surface area contributed by atoms with Gasteiger partial charge in [0.15, 0.2) is 0 Å². The molecule has 2 aliphatic rings. The van der Waals surface area contributed by atoms with E-state index in [1.165, 1.54) is 0 Å². The molecule has 0 aliphatic carbocycles. The van der Waals surface area contributed by atoms with E-state index in [-0.39, 0.29) is 30.1 Å². The van der Waals surface area contributed by atoms with Gasteiger partial charge in [-0.05, 0) is 25.5 Å². The number of rotatable bonds is 8. The Morgan fingerprint density at radius 3 is 2.57 bits per heavy atom. The van der Waals surface area contributed by atoms with Gasteiger partial charge in [-0.25, -0.2) is 0 Å². The number of amides is 3. The second kappa shape index (κ2) is 10.4. The Labute approximate surface area is 178 Å². The highest BCUT2D eigenvalue weighted by atomic mass is 16.5. The zero-order valence-electron chi connectivity index (χ0n) is 17.9. The molecule has 0 aromatic heterocycles. The first-order chi connectivity index (χ1) is 14.5. The Kier molecular flexibility index (Phi) is 7.68. The van der Waals surface area contributed by atoms with Gasteiger partial charge in [-0.2, -0.15) is 0 Å². The number of hydrogen-bond donors (Lipinski definition) is 1. The van der Waals surface area contributed by atoms with Crippen molar-refractivity contribution in [2.75, 3.05) is 57.3 Å². The number of nitrogens with one attached hydrogen (secondary N) is 1. The standard InChI is InChI=1S/C22H32N4O4/c1-3-9-23-20(27)16-24-10-12-25(13-11-24)22(29)17-14-21(28)26(15-17)18-7-5-6-8-19(18)30-4-2/h5-8,17H,3-4,9-16H2,1-2H3,(H,23,27). The second-order valence-corrected chi connectivity index (χ2v) is 7.76. The van der Waals surface area contributed by atoms with E-state index < -0.39 is 0 Å². The molecule has 0 radical (unpaired) electrons. The van der Waals surface area contributed by atoms with Crippen LogP contribution in [-0.4, -0.2) is 79.9 Å². The van der Waals surface area contributed by atoms with Crippen LogP contribution >= 0.6 is 0 Å². The number of anilines is 1. The number of ether oxygens (including phenoxy) is 1. The van der Waals surface area contributed by atoms with E-state index in [0.717, 1.165) is 12.1 Å². The summed E-state index contributed by atoms with van der Waals surface area (Å²) in [5.41, 5.74) is 0.725. The molecule has 3 rings (SSSR count). The molecule has 164 valence electrons. The first kappa shape index (κ1) is 22.1. The molecule has 8 nitrogen and oxygen atoms in total. The first-order valence-corrected chi connectivity index (χ1v) is 10.8. The highest BCUT2D eigenvalue weighted by molar-refractivity contribution is 6.01. The van der Waals surface area contributed by atoms with Crippen molar-refractivity contribution in [1.82, 2.24) is 15.1 Å². The summed E-state index contributed by atoms with van der Waals surface area (Å²) in [6.07, 6.45) is 1.14. The van der Waals surface area contributed by atoms with Gasteiger partial charge in [0.1, 0.15) is 5.75 Å². The van der Waals surface area contributed by atoms with E-state index in [1.54, 1.807) is 4.90 Å². The minimum atomic E-state index is -0.341. The smallest absolute Gasteiger partial charge is 0.234 e. The summed E-state index contributed by atoms with van der Waals surface area (Å²) in [7, 11) is 0. The van der Waals surface area contributed by atoms with Crippen molar-refractivity contribution in [3.05, 3.63) is 24.3 Å². The molecule has 0 saturated carbocycles. The molecular weight excluding hydrogens is 384 g/mol. The summed E-state index contributed by atoms with van der Waals surface area (Å²) >= 11 is 0. The number of carbonyl (C=O) groups excluding carboxylic acids is 3. The van der Waals surface area contributed by atoms with E-state index >= 15 is 0 Å². The molecule has 2 fully saturated rings. The molecule has 1 aromatic carbocycles. The summed E-state index contributed by atoms with van der Waals surface area (Å²) in [5, 5.41) is 2.88. The first-order valence-electron chi connectivity index (χ1n) is 10.8. The van der Waals surface area contributed by atoms with Crippen LogP contribution in [-0.2, 0) is 14.4 Å². The molecule has 1 aromatic rings. The van der Waals surface area contributed by atoms with Gasteiger partial charge >= 0.3 is 0 Å². The van der Waals surface area contributed by atoms with Crippen LogP contribution in [0.3, 0.4) is 0 Å². The molecule has 0 spiro atoms. The molecule has 3 amide bonds. The van der Waals surface area contributed by atoms with Crippen LogP contribution in [0.4, 0.5) is 5.69 Å². The molecular formula is C22H32N4O4. The van der Waals surface area contributed by atoms with Crippen molar-refractivity contribution in [3.63, 3.8) is 0 Å². The average molecular weight is 417 g/mol. The van der Waals surface area contributed by atoms with Crippen molar-refractivity contribution < 1.29 is 19.1 Å². The highest BCUT2D eigenvalue weighted by Gasteiger charge is 2.38. The molecule has 1 N–H and O–H groups in total. The topological polar surface area (TPSA) is 82.2 Å². The second-order valence-electron chi connectivity index (χ2n) is 7.76. The SMILES string of the molecule is CCCNC(=O)CN1CCN(C(=O)C2CC(=O)N(c3ccccc3OCC)C2)CC1. The lowest BCUT2D eigenvalue weighted by Crippen LogP contribution is -2.52. The fourth-order valence-corrected chi connectivity index (χ4v) is 3.97. The Morgan fingerprint density at radius 1 is 1.13 bits per heavy atom. The molecule has 2 heterocycles. The van der Waals surface area contributed by atoms with Crippen LogP contribution in [0.15, 0.2) is 24.3 Å². The maximum absolute atomic E-state index is 13.0. The Balaban J connectivity index is 1.54. The average Bonchev–Trinajstić information content (AvgIpc) is 3.14. The lowest BCUT2D eigenvalue weighted by molar-refractivity contribution is -0.137. The van der Waals surface area contributed by atoms with Crippen molar-refractivity contribution in [3.8, 4) is 5.75 Å². The predicted molar refractivity (Wildman–Crippen MR) is 114 cm³/mol. The van der Waals surface area contributed by atoms with Gasteiger partial charge in [-0.3, -0.25) is 19.3 Å². The zero-order valence-corrected chi connectivity index (χ0v) is 17.9. The summed E-state index contributed by atoms with van der Waals surface area (Å²) in [5.74, 6) is 0.325. The Morgan fingerprint density at radius 2 is 1.87 bits per heavy atom. The molecule has 1 unspecified atom stereocenters. The molecule has 2 saturated heterocycles. The largest absolute Gasteiger partial charge is 0.492 e. The summed E-state index contributed by atoms with van der Waals surface area (Å²) in [4.78, 5) is 43.1. The normalized spacial score (nSPS) is 19.8. The van der Waals surface area contributed by atoms with E-state index in [9.17, 15) is 14.4 Å². The number of nitrogens with zero attached hydrogens (tertiary/aromatic N) is 3. The Bertz CT molecular complexity index is 761. The van der Waals surface area contributed by atoms with Crippen LogP contribution in [0.5, 0.6) is 5.75 Å². The minimum Gasteiger partial charge on any atom is -0.492 e. The molecule has 30 heavy (non-hydrogen) atoms. The predicted octanol–water partition coefficient (Wildman–Crippen LogP) is 1.11. The third-order valence-corrected chi connectivity index (χ3v) is 5.55. The third-order valence-electron chi connectivity index (χ3n) is 5.55. The van der Waals surface area contributed by atoms with E-state index in [0.29, 0.717) is 58.2 Å². The van der Waals surface area contributed by atoms with Crippen molar-refractivity contribution in [2.45, 2.75) is 26.7 Å². The van der Waals surface area contributed by atoms with E-state index in [2.05, 4.69) is 10.2 Å². The van der Waals surface area contributed by atoms with Crippen molar-refractivity contribution in [2.24, 2.45) is 5.92 Å². The van der Waals surface area contributed by atoms with Crippen LogP contribution in [0.25, 0.3) is 0 Å². The highest BCUT2D eigenvalue weighted by Crippen LogP contribution is 2.33. The Hall–Kier alpha value is -2.61. The summed E-state index contributed by atoms with van der Waals surface area (Å²) in [6, 6.07) is 7.45. The lowest BCUT2D eigenvalue weighted by Gasteiger charge is -2.35. The van der Waals surface area contributed by atoms with Crippen LogP contribution < -0.4 is 15.0 Å². The van der Waals surface area contributed by atoms with Gasteiger partial charge in [0, 0.05) is 45.7 Å². The van der Waals surface area contributed by atoms with Crippen molar-refractivity contribution in [1.29, 1.82) is 0 Å². The number of benzene rings is 1. The number of piperazine rings is 1. The number of carbonyl (C=O) groups is 3. The van der Waals surface area contributed by atoms with Gasteiger partial charge in [0.2, 0.25) is 17.7 Å².